The zero-order chi connectivity index (χ0) is 17.1. The number of rotatable bonds is 7. The first-order valence-electron chi connectivity index (χ1n) is 8.95. The number of hydrogen-bond donors (Lipinski definition) is 3. The van der Waals surface area contributed by atoms with Crippen molar-refractivity contribution in [2.24, 2.45) is 10.9 Å². The molecule has 1 amide bonds. The lowest BCUT2D eigenvalue weighted by molar-refractivity contribution is 0.146. The molecule has 0 radical (unpaired) electrons. The third-order valence-electron chi connectivity index (χ3n) is 4.04. The van der Waals surface area contributed by atoms with Crippen LogP contribution in [0.4, 0.5) is 4.79 Å². The molecule has 1 rings (SSSR count). The highest BCUT2D eigenvalue weighted by Crippen LogP contribution is 2.17. The van der Waals surface area contributed by atoms with E-state index in [1.54, 1.807) is 7.05 Å². The van der Waals surface area contributed by atoms with E-state index in [0.29, 0.717) is 25.1 Å². The van der Waals surface area contributed by atoms with Crippen molar-refractivity contribution < 1.29 is 9.53 Å². The molecule has 6 nitrogen and oxygen atoms in total. The van der Waals surface area contributed by atoms with E-state index >= 15 is 0 Å². The minimum atomic E-state index is -0.352. The Balaban J connectivity index is 0.00000529. The normalized spacial score (nSPS) is 17.0. The van der Waals surface area contributed by atoms with Gasteiger partial charge in [0, 0.05) is 25.7 Å². The first-order valence-corrected chi connectivity index (χ1v) is 8.95. The summed E-state index contributed by atoms with van der Waals surface area (Å²) >= 11 is 0. The topological polar surface area (TPSA) is 74.8 Å². The van der Waals surface area contributed by atoms with E-state index in [9.17, 15) is 4.79 Å². The minimum absolute atomic E-state index is 0. The largest absolute Gasteiger partial charge is 0.450 e. The van der Waals surface area contributed by atoms with Crippen molar-refractivity contribution in [2.75, 3.05) is 20.2 Å². The number of amides is 1. The number of aliphatic imine (C=N–C) groups is 1. The van der Waals surface area contributed by atoms with Crippen LogP contribution in [-0.2, 0) is 4.74 Å². The number of ether oxygens (including phenoxy) is 1. The highest BCUT2D eigenvalue weighted by Gasteiger charge is 2.17. The van der Waals surface area contributed by atoms with Crippen molar-refractivity contribution >= 4 is 36.0 Å². The maximum absolute atomic E-state index is 11.7. The molecule has 1 aliphatic carbocycles. The second kappa shape index (κ2) is 13.5. The number of nitrogens with one attached hydrogen (secondary N) is 3. The number of alkyl carbamates (subject to hydrolysis) is 1. The van der Waals surface area contributed by atoms with Gasteiger partial charge in [-0.15, -0.1) is 24.0 Å². The van der Waals surface area contributed by atoms with Crippen molar-refractivity contribution in [3.05, 3.63) is 0 Å². The van der Waals surface area contributed by atoms with Gasteiger partial charge in [0.15, 0.2) is 5.96 Å². The van der Waals surface area contributed by atoms with Crippen molar-refractivity contribution in [3.8, 4) is 0 Å². The van der Waals surface area contributed by atoms with Gasteiger partial charge in [-0.2, -0.15) is 0 Å². The van der Waals surface area contributed by atoms with Crippen molar-refractivity contribution in [1.29, 1.82) is 0 Å². The molecular weight excluding hydrogens is 419 g/mol. The third-order valence-corrected chi connectivity index (χ3v) is 4.04. The second-order valence-electron chi connectivity index (χ2n) is 6.62. The predicted molar refractivity (Wildman–Crippen MR) is 110 cm³/mol. The van der Waals surface area contributed by atoms with Crippen LogP contribution >= 0.6 is 24.0 Å². The molecule has 0 saturated heterocycles. The number of guanidine groups is 1. The van der Waals surface area contributed by atoms with Crippen LogP contribution < -0.4 is 16.0 Å². The van der Waals surface area contributed by atoms with Crippen molar-refractivity contribution in [3.63, 3.8) is 0 Å². The fourth-order valence-electron chi connectivity index (χ4n) is 2.96. The zero-order valence-corrected chi connectivity index (χ0v) is 17.9. The van der Waals surface area contributed by atoms with Crippen molar-refractivity contribution in [2.45, 2.75) is 71.4 Å². The SMILES string of the molecule is CCOC(=O)NC(CNC(=NC)NC1CCCCC1)CC(C)C.I. The molecule has 142 valence electrons. The van der Waals surface area contributed by atoms with E-state index in [1.807, 2.05) is 6.92 Å². The van der Waals surface area contributed by atoms with Crippen LogP contribution in [0.3, 0.4) is 0 Å². The highest BCUT2D eigenvalue weighted by atomic mass is 127. The molecule has 1 unspecified atom stereocenters. The molecule has 7 heteroatoms. The monoisotopic (exact) mass is 454 g/mol. The number of nitrogens with zero attached hydrogens (tertiary/aromatic N) is 1. The Bertz CT molecular complexity index is 372. The quantitative estimate of drug-likeness (QED) is 0.314. The van der Waals surface area contributed by atoms with Gasteiger partial charge in [-0.1, -0.05) is 33.1 Å². The van der Waals surface area contributed by atoms with E-state index in [-0.39, 0.29) is 36.1 Å². The van der Waals surface area contributed by atoms with Crippen molar-refractivity contribution in [1.82, 2.24) is 16.0 Å². The smallest absolute Gasteiger partial charge is 0.407 e. The molecule has 0 aromatic heterocycles. The van der Waals surface area contributed by atoms with E-state index in [2.05, 4.69) is 34.8 Å². The van der Waals surface area contributed by atoms with Gasteiger partial charge in [-0.25, -0.2) is 4.79 Å². The van der Waals surface area contributed by atoms with Gasteiger partial charge >= 0.3 is 6.09 Å². The van der Waals surface area contributed by atoms with Gasteiger partial charge in [-0.3, -0.25) is 4.99 Å². The molecule has 24 heavy (non-hydrogen) atoms. The summed E-state index contributed by atoms with van der Waals surface area (Å²) in [5.74, 6) is 1.31. The highest BCUT2D eigenvalue weighted by molar-refractivity contribution is 14.0. The van der Waals surface area contributed by atoms with Crippen LogP contribution in [0.2, 0.25) is 0 Å². The molecule has 0 heterocycles. The van der Waals surface area contributed by atoms with Crippen LogP contribution in [0, 0.1) is 5.92 Å². The molecule has 0 aromatic carbocycles. The van der Waals surface area contributed by atoms with Gasteiger partial charge in [0.2, 0.25) is 0 Å². The first kappa shape index (κ1) is 23.3. The summed E-state index contributed by atoms with van der Waals surface area (Å²) in [5.41, 5.74) is 0. The Kier molecular flexibility index (Phi) is 13.1. The van der Waals surface area contributed by atoms with Crippen LogP contribution in [0.5, 0.6) is 0 Å². The lowest BCUT2D eigenvalue weighted by Crippen LogP contribution is -2.50. The van der Waals surface area contributed by atoms with Crippen LogP contribution in [0.1, 0.15) is 59.3 Å². The van der Waals surface area contributed by atoms with E-state index in [0.717, 1.165) is 12.4 Å². The summed E-state index contributed by atoms with van der Waals surface area (Å²) in [6.07, 6.45) is 6.87. The third kappa shape index (κ3) is 10.2. The summed E-state index contributed by atoms with van der Waals surface area (Å²) in [6.45, 7) is 7.14. The van der Waals surface area contributed by atoms with Gasteiger partial charge in [0.1, 0.15) is 0 Å². The fourth-order valence-corrected chi connectivity index (χ4v) is 2.96. The van der Waals surface area contributed by atoms with Gasteiger partial charge in [0.25, 0.3) is 0 Å². The molecule has 3 N–H and O–H groups in total. The van der Waals surface area contributed by atoms with Gasteiger partial charge in [0.05, 0.1) is 6.61 Å². The number of halogens is 1. The number of hydrogen-bond acceptors (Lipinski definition) is 3. The van der Waals surface area contributed by atoms with Crippen LogP contribution in [0.15, 0.2) is 4.99 Å². The number of carbonyl (C=O) groups excluding carboxylic acids is 1. The minimum Gasteiger partial charge on any atom is -0.450 e. The fraction of sp³-hybridized carbons (Fsp3) is 0.882. The first-order chi connectivity index (χ1) is 11.0. The molecule has 1 aliphatic rings. The standard InChI is InChI=1S/C17H34N4O2.HI/c1-5-23-17(22)21-15(11-13(2)3)12-19-16(18-4)20-14-9-7-6-8-10-14;/h13-15H,5-12H2,1-4H3,(H,21,22)(H2,18,19,20);1H. The second-order valence-corrected chi connectivity index (χ2v) is 6.62. The summed E-state index contributed by atoms with van der Waals surface area (Å²) in [4.78, 5) is 16.0. The van der Waals surface area contributed by atoms with E-state index in [4.69, 9.17) is 4.74 Å². The molecule has 0 spiro atoms. The molecule has 1 fully saturated rings. The summed E-state index contributed by atoms with van der Waals surface area (Å²) < 4.78 is 4.98. The van der Waals surface area contributed by atoms with Crippen LogP contribution in [-0.4, -0.2) is 44.3 Å². The Morgan fingerprint density at radius 1 is 1.25 bits per heavy atom. The van der Waals surface area contributed by atoms with Gasteiger partial charge < -0.3 is 20.7 Å². The predicted octanol–water partition coefficient (Wildman–Crippen LogP) is 3.26. The maximum atomic E-state index is 11.7. The Labute approximate surface area is 164 Å². The molecule has 0 bridgehead atoms. The molecule has 1 saturated carbocycles. The van der Waals surface area contributed by atoms with Gasteiger partial charge in [-0.05, 0) is 32.1 Å². The average Bonchev–Trinajstić information content (AvgIpc) is 2.51. The summed E-state index contributed by atoms with van der Waals surface area (Å²) in [6, 6.07) is 0.537. The molecular formula is C17H35IN4O2. The molecule has 1 atom stereocenters. The summed E-state index contributed by atoms with van der Waals surface area (Å²) in [7, 11) is 1.79. The van der Waals surface area contributed by atoms with E-state index < -0.39 is 0 Å². The number of carbonyl (C=O) groups is 1. The lowest BCUT2D eigenvalue weighted by atomic mass is 9.96. The lowest BCUT2D eigenvalue weighted by Gasteiger charge is -2.26. The van der Waals surface area contributed by atoms with Crippen LogP contribution in [0.25, 0.3) is 0 Å². The summed E-state index contributed by atoms with van der Waals surface area (Å²) in [5, 5.41) is 9.75. The Morgan fingerprint density at radius 3 is 2.46 bits per heavy atom. The van der Waals surface area contributed by atoms with E-state index in [1.165, 1.54) is 32.1 Å². The maximum Gasteiger partial charge on any atom is 0.407 e. The zero-order valence-electron chi connectivity index (χ0n) is 15.6. The Morgan fingerprint density at radius 2 is 1.92 bits per heavy atom. The Hall–Kier alpha value is -0.730. The molecule has 0 aromatic rings. The average molecular weight is 454 g/mol. The molecule has 0 aliphatic heterocycles.